The number of aryl methyl sites for hydroxylation is 1. The summed E-state index contributed by atoms with van der Waals surface area (Å²) in [4.78, 5) is 44.2. The third-order valence-electron chi connectivity index (χ3n) is 7.72. The van der Waals surface area contributed by atoms with Gasteiger partial charge in [0.25, 0.3) is 5.91 Å². The summed E-state index contributed by atoms with van der Waals surface area (Å²) in [7, 11) is 0. The minimum Gasteiger partial charge on any atom is -0.354 e. The van der Waals surface area contributed by atoms with Crippen LogP contribution in [0, 0.1) is 6.92 Å². The maximum atomic E-state index is 13.9. The summed E-state index contributed by atoms with van der Waals surface area (Å²) < 4.78 is 0. The molecule has 41 heavy (non-hydrogen) atoms. The number of benzene rings is 4. The molecule has 1 N–H and O–H groups in total. The lowest BCUT2D eigenvalue weighted by Gasteiger charge is -2.32. The molecule has 1 atom stereocenters. The minimum atomic E-state index is -0.649. The highest BCUT2D eigenvalue weighted by molar-refractivity contribution is 6.25. The number of rotatable bonds is 12. The van der Waals surface area contributed by atoms with E-state index in [1.165, 1.54) is 0 Å². The van der Waals surface area contributed by atoms with Crippen LogP contribution < -0.4 is 10.2 Å². The summed E-state index contributed by atoms with van der Waals surface area (Å²) in [5, 5.41) is 5.04. The van der Waals surface area contributed by atoms with E-state index in [9.17, 15) is 14.4 Å². The number of carbonyl (C=O) groups is 3. The number of hydrogen-bond acceptors (Lipinski definition) is 3. The van der Waals surface area contributed by atoms with Crippen LogP contribution in [0.1, 0.15) is 53.2 Å². The molecule has 0 fully saturated rings. The van der Waals surface area contributed by atoms with Crippen LogP contribution in [-0.2, 0) is 22.6 Å². The Balaban J connectivity index is 1.36. The number of nitrogens with one attached hydrogen (secondary N) is 1. The fourth-order valence-electron chi connectivity index (χ4n) is 5.54. The first-order valence-corrected chi connectivity index (χ1v) is 14.5. The average molecular weight is 548 g/mol. The normalized spacial score (nSPS) is 12.9. The number of nitrogens with zero attached hydrogens (tertiary/aromatic N) is 2. The van der Waals surface area contributed by atoms with Crippen LogP contribution >= 0.6 is 0 Å². The van der Waals surface area contributed by atoms with Crippen molar-refractivity contribution in [1.29, 1.82) is 0 Å². The number of hydrogen-bond donors (Lipinski definition) is 1. The van der Waals surface area contributed by atoms with Gasteiger partial charge in [-0.1, -0.05) is 91.3 Å². The van der Waals surface area contributed by atoms with Gasteiger partial charge in [-0.25, -0.2) is 0 Å². The van der Waals surface area contributed by atoms with E-state index in [1.54, 1.807) is 9.80 Å². The van der Waals surface area contributed by atoms with E-state index in [0.717, 1.165) is 39.6 Å². The molecule has 210 valence electrons. The van der Waals surface area contributed by atoms with Gasteiger partial charge in [0.2, 0.25) is 11.8 Å². The molecular weight excluding hydrogens is 510 g/mol. The average Bonchev–Trinajstić information content (AvgIpc) is 3.27. The Morgan fingerprint density at radius 3 is 2.34 bits per heavy atom. The molecule has 1 unspecified atom stereocenters. The van der Waals surface area contributed by atoms with Crippen LogP contribution in [0.3, 0.4) is 0 Å². The molecule has 3 amide bonds. The summed E-state index contributed by atoms with van der Waals surface area (Å²) >= 11 is 0. The van der Waals surface area contributed by atoms with E-state index in [-0.39, 0.29) is 24.1 Å². The first kappa shape index (κ1) is 28.1. The molecule has 5 rings (SSSR count). The molecule has 0 saturated carbocycles. The largest absolute Gasteiger partial charge is 0.354 e. The number of anilines is 1. The molecule has 0 bridgehead atoms. The maximum absolute atomic E-state index is 13.9. The van der Waals surface area contributed by atoms with Gasteiger partial charge in [0.15, 0.2) is 0 Å². The summed E-state index contributed by atoms with van der Waals surface area (Å²) in [6.07, 6.45) is 1.97. The van der Waals surface area contributed by atoms with Gasteiger partial charge in [0.1, 0.15) is 6.04 Å². The molecule has 1 heterocycles. The lowest BCUT2D eigenvalue weighted by Crippen LogP contribution is -2.50. The van der Waals surface area contributed by atoms with Gasteiger partial charge >= 0.3 is 0 Å². The summed E-state index contributed by atoms with van der Waals surface area (Å²) in [6, 6.07) is 29.0. The Bertz CT molecular complexity index is 1530. The van der Waals surface area contributed by atoms with Crippen LogP contribution in [0.4, 0.5) is 5.69 Å². The molecule has 0 aliphatic carbocycles. The van der Waals surface area contributed by atoms with Gasteiger partial charge in [0.05, 0.1) is 5.69 Å². The van der Waals surface area contributed by atoms with Crippen LogP contribution in [0.15, 0.2) is 91.0 Å². The van der Waals surface area contributed by atoms with E-state index < -0.39 is 6.04 Å². The van der Waals surface area contributed by atoms with E-state index in [1.807, 2.05) is 105 Å². The van der Waals surface area contributed by atoms with Crippen molar-refractivity contribution in [3.8, 4) is 0 Å². The smallest absolute Gasteiger partial charge is 0.258 e. The standard InChI is InChI=1S/C35H37N3O3/c1-3-21-36-34(40)31(23-26-10-5-4-6-11-26)38(24-27-19-17-25(2)18-20-27)32(39)16-9-22-37-30-15-8-13-28-12-7-14-29(33(28)30)35(37)41/h4-8,10-15,17-20,31H,3,9,16,21-24H2,1-2H3,(H,36,40). The highest BCUT2D eigenvalue weighted by atomic mass is 16.2. The highest BCUT2D eigenvalue weighted by Crippen LogP contribution is 2.37. The topological polar surface area (TPSA) is 69.7 Å². The van der Waals surface area contributed by atoms with E-state index in [4.69, 9.17) is 0 Å². The Kier molecular flexibility index (Phi) is 8.78. The fraction of sp³-hybridized carbons (Fsp3) is 0.286. The lowest BCUT2D eigenvalue weighted by molar-refractivity contribution is -0.141. The number of carbonyl (C=O) groups excluding carboxylic acids is 3. The maximum Gasteiger partial charge on any atom is 0.258 e. The lowest BCUT2D eigenvalue weighted by atomic mass is 10.0. The van der Waals surface area contributed by atoms with Crippen molar-refractivity contribution in [2.24, 2.45) is 0 Å². The van der Waals surface area contributed by atoms with Gasteiger partial charge < -0.3 is 15.1 Å². The summed E-state index contributed by atoms with van der Waals surface area (Å²) in [6.45, 7) is 5.37. The van der Waals surface area contributed by atoms with Gasteiger partial charge in [0, 0.05) is 43.4 Å². The quantitative estimate of drug-likeness (QED) is 0.235. The first-order valence-electron chi connectivity index (χ1n) is 14.5. The zero-order chi connectivity index (χ0) is 28.8. The first-order chi connectivity index (χ1) is 20.0. The highest BCUT2D eigenvalue weighted by Gasteiger charge is 2.32. The second-order valence-corrected chi connectivity index (χ2v) is 10.7. The third-order valence-corrected chi connectivity index (χ3v) is 7.72. The molecule has 0 spiro atoms. The van der Waals surface area contributed by atoms with Crippen molar-refractivity contribution in [3.63, 3.8) is 0 Å². The van der Waals surface area contributed by atoms with Crippen molar-refractivity contribution in [2.45, 2.75) is 52.1 Å². The second kappa shape index (κ2) is 12.8. The van der Waals surface area contributed by atoms with Gasteiger partial charge in [-0.05, 0) is 48.4 Å². The van der Waals surface area contributed by atoms with Gasteiger partial charge in [-0.2, -0.15) is 0 Å². The summed E-state index contributed by atoms with van der Waals surface area (Å²) in [5.74, 6) is -0.268. The Labute approximate surface area is 242 Å². The van der Waals surface area contributed by atoms with Gasteiger partial charge in [-0.15, -0.1) is 0 Å². The second-order valence-electron chi connectivity index (χ2n) is 10.7. The van der Waals surface area contributed by atoms with Crippen LogP contribution in [0.2, 0.25) is 0 Å². The zero-order valence-corrected chi connectivity index (χ0v) is 23.8. The van der Waals surface area contributed by atoms with Crippen molar-refractivity contribution in [2.75, 3.05) is 18.0 Å². The van der Waals surface area contributed by atoms with Crippen LogP contribution in [-0.4, -0.2) is 41.8 Å². The molecule has 0 radical (unpaired) electrons. The van der Waals surface area contributed by atoms with Crippen LogP contribution in [0.5, 0.6) is 0 Å². The third kappa shape index (κ3) is 6.32. The Morgan fingerprint density at radius 2 is 1.61 bits per heavy atom. The van der Waals surface area contributed by atoms with Crippen molar-refractivity contribution in [1.82, 2.24) is 10.2 Å². The summed E-state index contributed by atoms with van der Waals surface area (Å²) in [5.41, 5.74) is 4.72. The molecule has 0 saturated heterocycles. The molecular formula is C35H37N3O3. The van der Waals surface area contributed by atoms with Gasteiger partial charge in [-0.3, -0.25) is 14.4 Å². The molecule has 1 aliphatic heterocycles. The predicted octanol–water partition coefficient (Wildman–Crippen LogP) is 6.05. The van der Waals surface area contributed by atoms with E-state index in [0.29, 0.717) is 38.0 Å². The van der Waals surface area contributed by atoms with Crippen molar-refractivity contribution >= 4 is 34.2 Å². The molecule has 6 heteroatoms. The molecule has 0 aromatic heterocycles. The monoisotopic (exact) mass is 547 g/mol. The predicted molar refractivity (Wildman–Crippen MR) is 164 cm³/mol. The van der Waals surface area contributed by atoms with E-state index in [2.05, 4.69) is 5.32 Å². The SMILES string of the molecule is CCCNC(=O)C(Cc1ccccc1)N(Cc1ccc(C)cc1)C(=O)CCCN1C(=O)c2cccc3cccc1c23. The zero-order valence-electron chi connectivity index (χ0n) is 23.8. The van der Waals surface area contributed by atoms with E-state index >= 15 is 0 Å². The molecule has 6 nitrogen and oxygen atoms in total. The molecule has 4 aromatic carbocycles. The minimum absolute atomic E-state index is 0.0262. The fourth-order valence-corrected chi connectivity index (χ4v) is 5.54. The van der Waals surface area contributed by atoms with Crippen molar-refractivity contribution < 1.29 is 14.4 Å². The van der Waals surface area contributed by atoms with Crippen LogP contribution in [0.25, 0.3) is 10.8 Å². The molecule has 4 aromatic rings. The number of amides is 3. The Morgan fingerprint density at radius 1 is 0.878 bits per heavy atom. The Hall–Kier alpha value is -4.45. The van der Waals surface area contributed by atoms with Crippen molar-refractivity contribution in [3.05, 3.63) is 113 Å². The molecule has 1 aliphatic rings.